The fourth-order valence-electron chi connectivity index (χ4n) is 0.919. The predicted molar refractivity (Wildman–Crippen MR) is 53.3 cm³/mol. The number of carboxylic acid groups (broad SMARTS) is 1. The zero-order valence-electron chi connectivity index (χ0n) is 8.61. The zero-order chi connectivity index (χ0) is 12.9. The minimum Gasteiger partial charge on any atom is -0.480 e. The molecule has 0 aliphatic heterocycles. The molecule has 0 fully saturated rings. The predicted octanol–water partition coefficient (Wildman–Crippen LogP) is -0.381. The number of rotatable bonds is 5. The van der Waals surface area contributed by atoms with Crippen molar-refractivity contribution in [2.45, 2.75) is 6.92 Å². The third-order valence-electron chi connectivity index (χ3n) is 1.56. The van der Waals surface area contributed by atoms with Gasteiger partial charge in [-0.15, -0.1) is 0 Å². The summed E-state index contributed by atoms with van der Waals surface area (Å²) < 4.78 is 10.6. The van der Waals surface area contributed by atoms with Crippen molar-refractivity contribution < 1.29 is 29.0 Å². The quantitative estimate of drug-likeness (QED) is 0.453. The highest BCUT2D eigenvalue weighted by atomic mass is 31.2. The van der Waals surface area contributed by atoms with E-state index in [1.165, 1.54) is 6.92 Å². The van der Waals surface area contributed by atoms with Gasteiger partial charge in [-0.05, 0) is 6.92 Å². The van der Waals surface area contributed by atoms with Gasteiger partial charge in [0.05, 0.1) is 7.05 Å². The van der Waals surface area contributed by atoms with Crippen LogP contribution in [0, 0.1) is 7.05 Å². The maximum absolute atomic E-state index is 11.4. The van der Waals surface area contributed by atoms with Crippen molar-refractivity contribution in [3.63, 3.8) is 0 Å². The van der Waals surface area contributed by atoms with Crippen LogP contribution in [-0.2, 0) is 9.36 Å². The van der Waals surface area contributed by atoms with E-state index in [0.717, 1.165) is 4.90 Å². The van der Waals surface area contributed by atoms with E-state index in [1.54, 1.807) is 0 Å². The Morgan fingerprint density at radius 1 is 1.38 bits per heavy atom. The van der Waals surface area contributed by atoms with E-state index in [1.807, 2.05) is 0 Å². The van der Waals surface area contributed by atoms with Gasteiger partial charge in [0.15, 0.2) is 0 Å². The molecule has 0 aliphatic rings. The molecule has 2 amide bonds. The summed E-state index contributed by atoms with van der Waals surface area (Å²) in [5.41, 5.74) is 0. The topological polar surface area (TPSA) is 118 Å². The minimum absolute atomic E-state index is 0.0694. The first kappa shape index (κ1) is 14.9. The molecule has 0 spiro atoms. The van der Waals surface area contributed by atoms with Gasteiger partial charge in [0, 0.05) is 6.54 Å². The van der Waals surface area contributed by atoms with Gasteiger partial charge < -0.3 is 24.7 Å². The molecule has 0 saturated heterocycles. The van der Waals surface area contributed by atoms with Crippen LogP contribution < -0.4 is 0 Å². The monoisotopic (exact) mass is 252 g/mol. The maximum atomic E-state index is 11.4. The minimum atomic E-state index is -4.45. The van der Waals surface area contributed by atoms with E-state index in [0.29, 0.717) is 4.90 Å². The van der Waals surface area contributed by atoms with Crippen LogP contribution >= 0.6 is 7.60 Å². The summed E-state index contributed by atoms with van der Waals surface area (Å²) in [5, 5.41) is 8.47. The summed E-state index contributed by atoms with van der Waals surface area (Å²) in [6, 6.07) is -0.951. The number of likely N-dealkylation sites (N-methyl/N-ethyl adjacent to an activating group) is 1. The van der Waals surface area contributed by atoms with Gasteiger partial charge >= 0.3 is 19.6 Å². The molecule has 9 heteroatoms. The van der Waals surface area contributed by atoms with Crippen molar-refractivity contribution in [2.75, 3.05) is 19.4 Å². The van der Waals surface area contributed by atoms with Crippen LogP contribution in [0.1, 0.15) is 6.92 Å². The number of hydrogen-bond acceptors (Lipinski definition) is 3. The molecule has 0 atom stereocenters. The van der Waals surface area contributed by atoms with Gasteiger partial charge in [0.25, 0.3) is 0 Å². The number of urea groups is 1. The molecule has 92 valence electrons. The molecule has 0 aromatic carbocycles. The number of aliphatic carboxylic acids is 1. The van der Waals surface area contributed by atoms with Crippen LogP contribution in [0.2, 0.25) is 0 Å². The van der Waals surface area contributed by atoms with Crippen molar-refractivity contribution >= 4 is 19.6 Å². The Morgan fingerprint density at radius 2 is 1.88 bits per heavy atom. The Labute approximate surface area is 92.6 Å². The summed E-state index contributed by atoms with van der Waals surface area (Å²) in [5.74, 6) is -1.24. The van der Waals surface area contributed by atoms with Crippen molar-refractivity contribution in [2.24, 2.45) is 0 Å². The van der Waals surface area contributed by atoms with E-state index in [4.69, 9.17) is 21.9 Å². The first-order valence-corrected chi connectivity index (χ1v) is 6.04. The summed E-state index contributed by atoms with van der Waals surface area (Å²) in [6.07, 6.45) is -0.956. The Bertz CT molecular complexity index is 314. The Morgan fingerprint density at radius 3 is 2.19 bits per heavy atom. The molecule has 0 heterocycles. The van der Waals surface area contributed by atoms with Crippen LogP contribution in [0.3, 0.4) is 0 Å². The van der Waals surface area contributed by atoms with E-state index in [9.17, 15) is 14.2 Å². The smallest absolute Gasteiger partial charge is 0.344 e. The Balaban J connectivity index is 4.50. The number of carbonyl (C=O) groups excluding carboxylic acids is 1. The summed E-state index contributed by atoms with van der Waals surface area (Å²) >= 11 is 0. The second-order valence-electron chi connectivity index (χ2n) is 2.97. The number of amides is 2. The van der Waals surface area contributed by atoms with Crippen LogP contribution in [0.15, 0.2) is 0 Å². The first-order chi connectivity index (χ1) is 7.17. The zero-order valence-corrected chi connectivity index (χ0v) is 9.50. The Hall–Kier alpha value is -1.11. The standard InChI is InChI=1S/C7H13N2O6P/c1-3-9(4-6(10)11)7(12)8(2)5-16(13,14)15/h2H,3-5H2,1H3,(H,10,11)(H2,13,14,15). The van der Waals surface area contributed by atoms with Gasteiger partial charge in [0.1, 0.15) is 12.8 Å². The van der Waals surface area contributed by atoms with Crippen LogP contribution in [0.4, 0.5) is 4.79 Å². The summed E-state index contributed by atoms with van der Waals surface area (Å²) in [7, 11) is 0.658. The lowest BCUT2D eigenvalue weighted by molar-refractivity contribution is -0.137. The molecule has 0 aliphatic carbocycles. The second kappa shape index (κ2) is 5.83. The van der Waals surface area contributed by atoms with E-state index in [2.05, 4.69) is 0 Å². The maximum Gasteiger partial charge on any atom is 0.344 e. The third kappa shape index (κ3) is 5.69. The summed E-state index contributed by atoms with van der Waals surface area (Å²) in [4.78, 5) is 40.1. The van der Waals surface area contributed by atoms with E-state index in [-0.39, 0.29) is 6.54 Å². The molecule has 16 heavy (non-hydrogen) atoms. The average molecular weight is 252 g/mol. The molecular formula is C7H13N2O6P. The largest absolute Gasteiger partial charge is 0.480 e. The van der Waals surface area contributed by atoms with Crippen LogP contribution in [0.25, 0.3) is 0 Å². The van der Waals surface area contributed by atoms with Crippen LogP contribution in [0.5, 0.6) is 0 Å². The lowest BCUT2D eigenvalue weighted by atomic mass is 10.5. The fourth-order valence-corrected chi connectivity index (χ4v) is 1.44. The van der Waals surface area contributed by atoms with Crippen molar-refractivity contribution in [1.82, 2.24) is 9.80 Å². The SMILES string of the molecule is [CH]N(CP(=O)(O)O)C(=O)N(CC)CC(=O)O. The first-order valence-electron chi connectivity index (χ1n) is 4.25. The number of nitrogens with zero attached hydrogens (tertiary/aromatic N) is 2. The molecule has 8 nitrogen and oxygen atoms in total. The molecule has 0 rings (SSSR count). The average Bonchev–Trinajstić information content (AvgIpc) is 2.09. The lowest BCUT2D eigenvalue weighted by Gasteiger charge is -2.25. The third-order valence-corrected chi connectivity index (χ3v) is 2.23. The van der Waals surface area contributed by atoms with Gasteiger partial charge in [-0.2, -0.15) is 0 Å². The van der Waals surface area contributed by atoms with Gasteiger partial charge in [0.2, 0.25) is 0 Å². The van der Waals surface area contributed by atoms with E-state index < -0.39 is 32.4 Å². The number of carboxylic acids is 1. The van der Waals surface area contributed by atoms with Gasteiger partial charge in [-0.25, -0.2) is 4.79 Å². The molecule has 0 bridgehead atoms. The van der Waals surface area contributed by atoms with Crippen molar-refractivity contribution in [3.8, 4) is 0 Å². The van der Waals surface area contributed by atoms with Gasteiger partial charge in [-0.3, -0.25) is 9.36 Å². The van der Waals surface area contributed by atoms with Gasteiger partial charge in [-0.1, -0.05) is 0 Å². The number of carbonyl (C=O) groups is 2. The highest BCUT2D eigenvalue weighted by Crippen LogP contribution is 2.34. The number of hydrogen-bond donors (Lipinski definition) is 3. The molecule has 0 saturated carbocycles. The molecular weight excluding hydrogens is 239 g/mol. The van der Waals surface area contributed by atoms with E-state index >= 15 is 0 Å². The molecule has 3 N–H and O–H groups in total. The van der Waals surface area contributed by atoms with Crippen LogP contribution in [-0.4, -0.2) is 56.1 Å². The fraction of sp³-hybridized carbons (Fsp3) is 0.571. The highest BCUT2D eigenvalue weighted by Gasteiger charge is 2.24. The highest BCUT2D eigenvalue weighted by molar-refractivity contribution is 7.51. The molecule has 0 aromatic heterocycles. The lowest BCUT2D eigenvalue weighted by Crippen LogP contribution is -2.42. The van der Waals surface area contributed by atoms with Crippen molar-refractivity contribution in [3.05, 3.63) is 7.05 Å². The molecule has 2 radical (unpaired) electrons. The normalized spacial score (nSPS) is 11.0. The molecule has 0 unspecified atom stereocenters. The molecule has 0 aromatic rings. The Kier molecular flexibility index (Phi) is 5.43. The summed E-state index contributed by atoms with van der Waals surface area (Å²) in [6.45, 7) is 1.01. The second-order valence-corrected chi connectivity index (χ2v) is 4.58. The van der Waals surface area contributed by atoms with Crippen molar-refractivity contribution in [1.29, 1.82) is 0 Å².